The molecule has 0 aromatic heterocycles. The van der Waals surface area contributed by atoms with E-state index in [2.05, 4.69) is 10.8 Å². The van der Waals surface area contributed by atoms with Crippen molar-refractivity contribution in [3.05, 3.63) is 0 Å². The second-order valence-corrected chi connectivity index (χ2v) is 4.33. The number of nitrogens with one attached hydrogen (secondary N) is 2. The van der Waals surface area contributed by atoms with Gasteiger partial charge in [-0.2, -0.15) is 5.48 Å². The van der Waals surface area contributed by atoms with E-state index in [1.807, 2.05) is 20.8 Å². The normalized spacial score (nSPS) is 13.3. The summed E-state index contributed by atoms with van der Waals surface area (Å²) < 4.78 is 0. The van der Waals surface area contributed by atoms with Crippen molar-refractivity contribution in [2.24, 2.45) is 5.73 Å². The van der Waals surface area contributed by atoms with Crippen LogP contribution in [-0.2, 0) is 14.4 Å². The maximum atomic E-state index is 11.5. The zero-order chi connectivity index (χ0) is 12.1. The van der Waals surface area contributed by atoms with Crippen LogP contribution in [0.4, 0.5) is 0 Å². The monoisotopic (exact) mass is 217 g/mol. The Morgan fingerprint density at radius 2 is 1.93 bits per heavy atom. The van der Waals surface area contributed by atoms with Crippen LogP contribution in [0, 0.1) is 0 Å². The number of carbonyl (C=O) groups excluding carboxylic acids is 2. The van der Waals surface area contributed by atoms with Gasteiger partial charge in [-0.05, 0) is 27.7 Å². The first-order valence-electron chi connectivity index (χ1n) is 4.70. The second-order valence-electron chi connectivity index (χ2n) is 4.33. The van der Waals surface area contributed by atoms with Crippen molar-refractivity contribution >= 4 is 11.8 Å². The number of rotatable bonds is 5. The minimum atomic E-state index is -0.592. The molecule has 4 N–H and O–H groups in total. The van der Waals surface area contributed by atoms with Gasteiger partial charge in [0.1, 0.15) is 12.6 Å². The van der Waals surface area contributed by atoms with E-state index < -0.39 is 11.9 Å². The van der Waals surface area contributed by atoms with Crippen LogP contribution in [0.25, 0.3) is 0 Å². The highest BCUT2D eigenvalue weighted by Gasteiger charge is 2.19. The molecule has 0 saturated heterocycles. The number of primary amides is 1. The lowest BCUT2D eigenvalue weighted by atomic mass is 10.1. The Kier molecular flexibility index (Phi) is 5.24. The highest BCUT2D eigenvalue weighted by molar-refractivity contribution is 5.81. The molecule has 0 fully saturated rings. The third-order valence-corrected chi connectivity index (χ3v) is 1.37. The van der Waals surface area contributed by atoms with Crippen molar-refractivity contribution in [3.8, 4) is 0 Å². The molecule has 0 aromatic carbocycles. The lowest BCUT2D eigenvalue weighted by molar-refractivity contribution is -0.133. The van der Waals surface area contributed by atoms with Gasteiger partial charge in [-0.1, -0.05) is 0 Å². The molecule has 2 amide bonds. The van der Waals surface area contributed by atoms with E-state index in [0.717, 1.165) is 0 Å². The van der Waals surface area contributed by atoms with E-state index in [0.29, 0.717) is 0 Å². The number of hydroxylamine groups is 1. The van der Waals surface area contributed by atoms with Gasteiger partial charge in [0.05, 0.1) is 0 Å². The number of hydrogen-bond donors (Lipinski definition) is 3. The standard InChI is InChI=1S/C9H19N3O3/c1-6(12-15-5-7(10)13)8(14)11-9(2,3)4/h6,12H,5H2,1-4H3,(H2,10,13)(H,11,14). The Bertz CT molecular complexity index is 235. The Balaban J connectivity index is 3.85. The van der Waals surface area contributed by atoms with Crippen LogP contribution in [0.2, 0.25) is 0 Å². The molecule has 0 bridgehead atoms. The molecule has 0 rings (SSSR count). The molecule has 0 aromatic rings. The van der Waals surface area contributed by atoms with E-state index >= 15 is 0 Å². The largest absolute Gasteiger partial charge is 0.368 e. The molecular formula is C9H19N3O3. The fourth-order valence-corrected chi connectivity index (χ4v) is 0.769. The average Bonchev–Trinajstić information content (AvgIpc) is 1.99. The predicted molar refractivity (Wildman–Crippen MR) is 55.6 cm³/mol. The summed E-state index contributed by atoms with van der Waals surface area (Å²) in [5, 5.41) is 2.76. The van der Waals surface area contributed by atoms with Gasteiger partial charge in [-0.3, -0.25) is 14.4 Å². The number of amides is 2. The third kappa shape index (κ3) is 7.90. The molecule has 0 heterocycles. The predicted octanol–water partition coefficient (Wildman–Crippen LogP) is -0.704. The minimum absolute atomic E-state index is 0.202. The van der Waals surface area contributed by atoms with Gasteiger partial charge in [0.2, 0.25) is 11.8 Å². The molecule has 6 nitrogen and oxygen atoms in total. The molecule has 0 aliphatic rings. The van der Waals surface area contributed by atoms with Gasteiger partial charge in [-0.15, -0.1) is 0 Å². The molecule has 1 unspecified atom stereocenters. The zero-order valence-electron chi connectivity index (χ0n) is 9.59. The lowest BCUT2D eigenvalue weighted by Crippen LogP contribution is -2.49. The van der Waals surface area contributed by atoms with Crippen molar-refractivity contribution in [3.63, 3.8) is 0 Å². The van der Waals surface area contributed by atoms with Gasteiger partial charge in [0.15, 0.2) is 0 Å². The summed E-state index contributed by atoms with van der Waals surface area (Å²) in [6.07, 6.45) is 0. The summed E-state index contributed by atoms with van der Waals surface area (Å²) in [7, 11) is 0. The van der Waals surface area contributed by atoms with Gasteiger partial charge < -0.3 is 11.1 Å². The molecule has 88 valence electrons. The first-order valence-corrected chi connectivity index (χ1v) is 4.70. The second kappa shape index (κ2) is 5.67. The van der Waals surface area contributed by atoms with Crippen molar-refractivity contribution in [2.75, 3.05) is 6.61 Å². The highest BCUT2D eigenvalue weighted by atomic mass is 16.6. The molecule has 1 atom stereocenters. The number of hydrogen-bond acceptors (Lipinski definition) is 4. The minimum Gasteiger partial charge on any atom is -0.368 e. The first kappa shape index (κ1) is 13.9. The third-order valence-electron chi connectivity index (χ3n) is 1.37. The van der Waals surface area contributed by atoms with Gasteiger partial charge in [-0.25, -0.2) is 0 Å². The fourth-order valence-electron chi connectivity index (χ4n) is 0.769. The summed E-state index contributed by atoms with van der Waals surface area (Å²) in [5.41, 5.74) is 6.98. The molecule has 6 heteroatoms. The van der Waals surface area contributed by atoms with Gasteiger partial charge >= 0.3 is 0 Å². The molecule has 0 radical (unpaired) electrons. The Hall–Kier alpha value is -1.14. The van der Waals surface area contributed by atoms with Crippen molar-refractivity contribution < 1.29 is 14.4 Å². The number of nitrogens with two attached hydrogens (primary N) is 1. The van der Waals surface area contributed by atoms with Crippen LogP contribution < -0.4 is 16.5 Å². The molecule has 0 saturated carbocycles. The van der Waals surface area contributed by atoms with Crippen molar-refractivity contribution in [1.29, 1.82) is 0 Å². The fraction of sp³-hybridized carbons (Fsp3) is 0.778. The smallest absolute Gasteiger partial charge is 0.245 e. The molecule has 0 aliphatic heterocycles. The summed E-state index contributed by atoms with van der Waals surface area (Å²) in [6.45, 7) is 7.00. The Morgan fingerprint density at radius 1 is 1.40 bits per heavy atom. The molecule has 15 heavy (non-hydrogen) atoms. The maximum absolute atomic E-state index is 11.5. The number of carbonyl (C=O) groups is 2. The van der Waals surface area contributed by atoms with E-state index in [-0.39, 0.29) is 18.1 Å². The van der Waals surface area contributed by atoms with Crippen LogP contribution in [0.3, 0.4) is 0 Å². The summed E-state index contributed by atoms with van der Waals surface area (Å²) >= 11 is 0. The maximum Gasteiger partial charge on any atom is 0.245 e. The van der Waals surface area contributed by atoms with Crippen LogP contribution in [0.15, 0.2) is 0 Å². The SMILES string of the molecule is CC(NOCC(N)=O)C(=O)NC(C)(C)C. The van der Waals surface area contributed by atoms with Crippen LogP contribution >= 0.6 is 0 Å². The van der Waals surface area contributed by atoms with Crippen LogP contribution in [0.1, 0.15) is 27.7 Å². The quantitative estimate of drug-likeness (QED) is 0.531. The zero-order valence-corrected chi connectivity index (χ0v) is 9.59. The van der Waals surface area contributed by atoms with Crippen molar-refractivity contribution in [1.82, 2.24) is 10.8 Å². The average molecular weight is 217 g/mol. The van der Waals surface area contributed by atoms with E-state index in [4.69, 9.17) is 10.6 Å². The summed E-state index contributed by atoms with van der Waals surface area (Å²) in [5.74, 6) is -0.794. The Morgan fingerprint density at radius 3 is 2.33 bits per heavy atom. The van der Waals surface area contributed by atoms with Crippen molar-refractivity contribution in [2.45, 2.75) is 39.3 Å². The summed E-state index contributed by atoms with van der Waals surface area (Å²) in [6, 6.07) is -0.538. The van der Waals surface area contributed by atoms with Crippen LogP contribution in [-0.4, -0.2) is 30.0 Å². The first-order chi connectivity index (χ1) is 6.72. The van der Waals surface area contributed by atoms with Gasteiger partial charge in [0, 0.05) is 5.54 Å². The lowest BCUT2D eigenvalue weighted by Gasteiger charge is -2.23. The van der Waals surface area contributed by atoms with E-state index in [1.165, 1.54) is 0 Å². The van der Waals surface area contributed by atoms with Crippen LogP contribution in [0.5, 0.6) is 0 Å². The molecule has 0 aliphatic carbocycles. The summed E-state index contributed by atoms with van der Waals surface area (Å²) in [4.78, 5) is 26.5. The van der Waals surface area contributed by atoms with Gasteiger partial charge in [0.25, 0.3) is 0 Å². The Labute approximate surface area is 89.5 Å². The topological polar surface area (TPSA) is 93.4 Å². The highest BCUT2D eigenvalue weighted by Crippen LogP contribution is 1.99. The van der Waals surface area contributed by atoms with E-state index in [1.54, 1.807) is 6.92 Å². The molecular weight excluding hydrogens is 198 g/mol. The van der Waals surface area contributed by atoms with E-state index in [9.17, 15) is 9.59 Å². The molecule has 0 spiro atoms.